The highest BCUT2D eigenvalue weighted by atomic mass is 16.5. The predicted molar refractivity (Wildman–Crippen MR) is 65.9 cm³/mol. The summed E-state index contributed by atoms with van der Waals surface area (Å²) in [6, 6.07) is 7.73. The van der Waals surface area contributed by atoms with Gasteiger partial charge in [-0.25, -0.2) is 4.68 Å². The minimum Gasteiger partial charge on any atom is -0.494 e. The van der Waals surface area contributed by atoms with Gasteiger partial charge >= 0.3 is 0 Å². The fourth-order valence-electron chi connectivity index (χ4n) is 1.59. The van der Waals surface area contributed by atoms with E-state index in [9.17, 15) is 0 Å². The Morgan fingerprint density at radius 1 is 1.24 bits per heavy atom. The van der Waals surface area contributed by atoms with Crippen LogP contribution in [0.25, 0.3) is 5.69 Å². The van der Waals surface area contributed by atoms with E-state index in [4.69, 9.17) is 9.47 Å². The molecule has 0 fully saturated rings. The molecule has 0 aliphatic carbocycles. The van der Waals surface area contributed by atoms with Crippen LogP contribution in [-0.4, -0.2) is 23.0 Å². The van der Waals surface area contributed by atoms with Crippen LogP contribution in [0.1, 0.15) is 13.8 Å². The lowest BCUT2D eigenvalue weighted by molar-refractivity contribution is 0.242. The van der Waals surface area contributed by atoms with E-state index < -0.39 is 0 Å². The summed E-state index contributed by atoms with van der Waals surface area (Å²) in [5, 5.41) is 4.26. The van der Waals surface area contributed by atoms with Gasteiger partial charge in [-0.15, -0.1) is 0 Å². The minimum atomic E-state index is 0.144. The van der Waals surface area contributed by atoms with E-state index in [2.05, 4.69) is 5.10 Å². The van der Waals surface area contributed by atoms with E-state index in [0.717, 1.165) is 17.2 Å². The number of methoxy groups -OCH3 is 1. The van der Waals surface area contributed by atoms with E-state index in [0.29, 0.717) is 0 Å². The standard InChI is InChI=1S/C13H16N2O2/c1-10(2)17-11-8-14-15(9-11)12-6-4-5-7-13(12)16-3/h4-10H,1-3H3. The van der Waals surface area contributed by atoms with Gasteiger partial charge in [0.25, 0.3) is 0 Å². The van der Waals surface area contributed by atoms with Gasteiger partial charge in [-0.2, -0.15) is 5.10 Å². The van der Waals surface area contributed by atoms with Gasteiger partial charge in [-0.1, -0.05) is 12.1 Å². The lowest BCUT2D eigenvalue weighted by Gasteiger charge is -2.08. The van der Waals surface area contributed by atoms with Crippen molar-refractivity contribution in [1.82, 2.24) is 9.78 Å². The predicted octanol–water partition coefficient (Wildman–Crippen LogP) is 2.67. The summed E-state index contributed by atoms with van der Waals surface area (Å²) in [5.41, 5.74) is 0.897. The average Bonchev–Trinajstić information content (AvgIpc) is 2.76. The van der Waals surface area contributed by atoms with Crippen LogP contribution in [0.4, 0.5) is 0 Å². The molecule has 0 bridgehead atoms. The first-order valence-corrected chi connectivity index (χ1v) is 5.55. The fraction of sp³-hybridized carbons (Fsp3) is 0.308. The Labute approximate surface area is 101 Å². The Morgan fingerprint density at radius 2 is 2.00 bits per heavy atom. The molecule has 1 aromatic heterocycles. The number of hydrogen-bond acceptors (Lipinski definition) is 3. The maximum absolute atomic E-state index is 5.57. The maximum atomic E-state index is 5.57. The number of para-hydroxylation sites is 2. The minimum absolute atomic E-state index is 0.144. The zero-order valence-electron chi connectivity index (χ0n) is 10.3. The summed E-state index contributed by atoms with van der Waals surface area (Å²) in [6.45, 7) is 3.97. The lowest BCUT2D eigenvalue weighted by Crippen LogP contribution is -2.04. The highest BCUT2D eigenvalue weighted by Gasteiger charge is 2.07. The summed E-state index contributed by atoms with van der Waals surface area (Å²) in [6.07, 6.45) is 3.69. The lowest BCUT2D eigenvalue weighted by atomic mass is 10.3. The third-order valence-corrected chi connectivity index (χ3v) is 2.26. The van der Waals surface area contributed by atoms with Crippen LogP contribution < -0.4 is 9.47 Å². The molecule has 0 saturated heterocycles. The average molecular weight is 232 g/mol. The SMILES string of the molecule is COc1ccccc1-n1cc(OC(C)C)cn1. The van der Waals surface area contributed by atoms with Crippen molar-refractivity contribution in [1.29, 1.82) is 0 Å². The van der Waals surface area contributed by atoms with E-state index in [-0.39, 0.29) is 6.10 Å². The van der Waals surface area contributed by atoms with Crippen molar-refractivity contribution in [2.75, 3.05) is 7.11 Å². The van der Waals surface area contributed by atoms with Crippen LogP contribution in [0.5, 0.6) is 11.5 Å². The molecule has 1 aromatic carbocycles. The quantitative estimate of drug-likeness (QED) is 0.813. The van der Waals surface area contributed by atoms with Gasteiger partial charge in [0.1, 0.15) is 11.4 Å². The van der Waals surface area contributed by atoms with Crippen LogP contribution in [0.15, 0.2) is 36.7 Å². The Hall–Kier alpha value is -1.97. The van der Waals surface area contributed by atoms with Crippen LogP contribution in [-0.2, 0) is 0 Å². The van der Waals surface area contributed by atoms with Gasteiger partial charge < -0.3 is 9.47 Å². The van der Waals surface area contributed by atoms with Gasteiger partial charge in [0.05, 0.1) is 25.6 Å². The molecule has 0 spiro atoms. The Morgan fingerprint density at radius 3 is 2.71 bits per heavy atom. The molecule has 0 N–H and O–H groups in total. The Kier molecular flexibility index (Phi) is 3.32. The molecule has 0 aliphatic rings. The van der Waals surface area contributed by atoms with Gasteiger partial charge in [-0.3, -0.25) is 0 Å². The maximum Gasteiger partial charge on any atom is 0.158 e. The van der Waals surface area contributed by atoms with Crippen molar-refractivity contribution in [3.8, 4) is 17.2 Å². The van der Waals surface area contributed by atoms with Gasteiger partial charge in [-0.05, 0) is 26.0 Å². The highest BCUT2D eigenvalue weighted by molar-refractivity contribution is 5.46. The van der Waals surface area contributed by atoms with Crippen molar-refractivity contribution in [2.24, 2.45) is 0 Å². The molecular weight excluding hydrogens is 216 g/mol. The molecule has 4 heteroatoms. The van der Waals surface area contributed by atoms with Gasteiger partial charge in [0.15, 0.2) is 5.75 Å². The highest BCUT2D eigenvalue weighted by Crippen LogP contribution is 2.23. The fourth-order valence-corrected chi connectivity index (χ4v) is 1.59. The number of rotatable bonds is 4. The molecule has 0 saturated carbocycles. The van der Waals surface area contributed by atoms with Crippen LogP contribution in [0, 0.1) is 0 Å². The van der Waals surface area contributed by atoms with Crippen LogP contribution in [0.2, 0.25) is 0 Å². The topological polar surface area (TPSA) is 36.3 Å². The van der Waals surface area contributed by atoms with Crippen molar-refractivity contribution in [3.63, 3.8) is 0 Å². The summed E-state index contributed by atoms with van der Waals surface area (Å²) >= 11 is 0. The molecule has 0 unspecified atom stereocenters. The molecule has 1 heterocycles. The second kappa shape index (κ2) is 4.91. The first-order valence-electron chi connectivity index (χ1n) is 5.55. The Balaban J connectivity index is 2.30. The van der Waals surface area contributed by atoms with E-state index >= 15 is 0 Å². The van der Waals surface area contributed by atoms with E-state index in [1.807, 2.05) is 44.3 Å². The number of ether oxygens (including phenoxy) is 2. The largest absolute Gasteiger partial charge is 0.494 e. The molecule has 0 radical (unpaired) electrons. The summed E-state index contributed by atoms with van der Waals surface area (Å²) in [7, 11) is 1.65. The normalized spacial score (nSPS) is 10.6. The monoisotopic (exact) mass is 232 g/mol. The molecule has 90 valence electrons. The first kappa shape index (κ1) is 11.5. The first-order chi connectivity index (χ1) is 8.20. The summed E-state index contributed by atoms with van der Waals surface area (Å²) in [5.74, 6) is 1.54. The summed E-state index contributed by atoms with van der Waals surface area (Å²) in [4.78, 5) is 0. The third-order valence-electron chi connectivity index (χ3n) is 2.26. The second-order valence-corrected chi connectivity index (χ2v) is 3.96. The molecule has 0 atom stereocenters. The second-order valence-electron chi connectivity index (χ2n) is 3.96. The zero-order valence-corrected chi connectivity index (χ0v) is 10.3. The molecule has 4 nitrogen and oxygen atoms in total. The van der Waals surface area contributed by atoms with Gasteiger partial charge in [0, 0.05) is 0 Å². The molecular formula is C13H16N2O2. The number of aromatic nitrogens is 2. The third kappa shape index (κ3) is 2.58. The van der Waals surface area contributed by atoms with Gasteiger partial charge in [0.2, 0.25) is 0 Å². The van der Waals surface area contributed by atoms with Crippen molar-refractivity contribution >= 4 is 0 Å². The number of benzene rings is 1. The van der Waals surface area contributed by atoms with Crippen molar-refractivity contribution in [3.05, 3.63) is 36.7 Å². The molecule has 2 aromatic rings. The number of nitrogens with zero attached hydrogens (tertiary/aromatic N) is 2. The zero-order chi connectivity index (χ0) is 12.3. The van der Waals surface area contributed by atoms with E-state index in [1.165, 1.54) is 0 Å². The van der Waals surface area contributed by atoms with Crippen LogP contribution in [0.3, 0.4) is 0 Å². The molecule has 17 heavy (non-hydrogen) atoms. The smallest absolute Gasteiger partial charge is 0.158 e. The van der Waals surface area contributed by atoms with Crippen LogP contribution >= 0.6 is 0 Å². The molecule has 0 amide bonds. The Bertz CT molecular complexity index is 492. The summed E-state index contributed by atoms with van der Waals surface area (Å²) < 4.78 is 12.6. The van der Waals surface area contributed by atoms with Crippen molar-refractivity contribution < 1.29 is 9.47 Å². The molecule has 2 rings (SSSR count). The molecule has 0 aliphatic heterocycles. The van der Waals surface area contributed by atoms with Crippen molar-refractivity contribution in [2.45, 2.75) is 20.0 Å². The van der Waals surface area contributed by atoms with E-state index in [1.54, 1.807) is 18.0 Å². The number of hydrogen-bond donors (Lipinski definition) is 0.